The maximum absolute atomic E-state index is 5.73. The zero-order valence-corrected chi connectivity index (χ0v) is 13.8. The van der Waals surface area contributed by atoms with Crippen molar-refractivity contribution >= 4 is 37.5 Å². The predicted molar refractivity (Wildman–Crippen MR) is 83.6 cm³/mol. The Hall–Kier alpha value is -0.0600. The molecule has 0 amide bonds. The van der Waals surface area contributed by atoms with E-state index in [4.69, 9.17) is 4.74 Å². The van der Waals surface area contributed by atoms with Crippen molar-refractivity contribution in [2.24, 2.45) is 0 Å². The molecule has 1 aliphatic heterocycles. The molecule has 0 saturated carbocycles. The van der Waals surface area contributed by atoms with Gasteiger partial charge in [-0.1, -0.05) is 22.0 Å². The summed E-state index contributed by atoms with van der Waals surface area (Å²) in [5, 5.41) is 0.893. The highest BCUT2D eigenvalue weighted by atomic mass is 79.9. The summed E-state index contributed by atoms with van der Waals surface area (Å²) >= 11 is 7.16. The molecule has 1 unspecified atom stereocenters. The Balaban J connectivity index is 2.10. The van der Waals surface area contributed by atoms with E-state index in [2.05, 4.69) is 61.9 Å². The lowest BCUT2D eigenvalue weighted by atomic mass is 10.2. The van der Waals surface area contributed by atoms with Gasteiger partial charge in [0.25, 0.3) is 0 Å². The minimum absolute atomic E-state index is 0.396. The van der Waals surface area contributed by atoms with Gasteiger partial charge >= 0.3 is 0 Å². The van der Waals surface area contributed by atoms with E-state index in [1.807, 2.05) is 0 Å². The molecule has 1 aromatic carbocycles. The van der Waals surface area contributed by atoms with Crippen molar-refractivity contribution in [3.63, 3.8) is 0 Å². The van der Waals surface area contributed by atoms with Crippen LogP contribution in [0.3, 0.4) is 0 Å². The molecule has 1 aromatic rings. The Morgan fingerprint density at radius 3 is 2.83 bits per heavy atom. The fourth-order valence-electron chi connectivity index (χ4n) is 2.32. The second-order valence-corrected chi connectivity index (χ2v) is 6.01. The van der Waals surface area contributed by atoms with Gasteiger partial charge in [-0.3, -0.25) is 0 Å². The Kier molecular flexibility index (Phi) is 5.52. The van der Waals surface area contributed by atoms with Crippen LogP contribution in [0.15, 0.2) is 22.7 Å². The second kappa shape index (κ2) is 6.92. The van der Waals surface area contributed by atoms with Crippen molar-refractivity contribution in [2.45, 2.75) is 31.2 Å². The molecule has 1 heterocycles. The molecule has 0 bridgehead atoms. The van der Waals surface area contributed by atoms with Crippen LogP contribution in [0.2, 0.25) is 0 Å². The molecule has 100 valence electrons. The summed E-state index contributed by atoms with van der Waals surface area (Å²) in [6.45, 7) is 5.11. The van der Waals surface area contributed by atoms with Crippen LogP contribution in [0.25, 0.3) is 0 Å². The Morgan fingerprint density at radius 1 is 1.44 bits per heavy atom. The largest absolute Gasteiger partial charge is 0.376 e. The number of halogens is 2. The molecule has 2 rings (SSSR count). The van der Waals surface area contributed by atoms with Gasteiger partial charge in [0.1, 0.15) is 0 Å². The summed E-state index contributed by atoms with van der Waals surface area (Å²) in [4.78, 5) is 2.39. The van der Waals surface area contributed by atoms with Crippen LogP contribution in [0, 0.1) is 0 Å². The van der Waals surface area contributed by atoms with E-state index in [-0.39, 0.29) is 0 Å². The number of rotatable bonds is 5. The van der Waals surface area contributed by atoms with Gasteiger partial charge in [-0.05, 0) is 53.4 Å². The number of nitrogens with zero attached hydrogens (tertiary/aromatic N) is 1. The van der Waals surface area contributed by atoms with Crippen LogP contribution in [0.5, 0.6) is 0 Å². The van der Waals surface area contributed by atoms with Crippen LogP contribution in [0.4, 0.5) is 5.69 Å². The van der Waals surface area contributed by atoms with Crippen molar-refractivity contribution in [1.82, 2.24) is 0 Å². The minimum atomic E-state index is 0.396. The topological polar surface area (TPSA) is 12.5 Å². The first-order valence-corrected chi connectivity index (χ1v) is 8.37. The van der Waals surface area contributed by atoms with Gasteiger partial charge in [0, 0.05) is 29.5 Å². The molecule has 18 heavy (non-hydrogen) atoms. The fourth-order valence-corrected chi connectivity index (χ4v) is 3.35. The summed E-state index contributed by atoms with van der Waals surface area (Å²) in [7, 11) is 0. The summed E-state index contributed by atoms with van der Waals surface area (Å²) in [6.07, 6.45) is 2.78. The SMILES string of the molecule is CCN(CC1CCCO1)c1ccc(CBr)cc1Br. The summed E-state index contributed by atoms with van der Waals surface area (Å²) in [5.41, 5.74) is 2.55. The van der Waals surface area contributed by atoms with Crippen molar-refractivity contribution < 1.29 is 4.74 Å². The molecule has 1 aliphatic rings. The van der Waals surface area contributed by atoms with Crippen LogP contribution in [-0.2, 0) is 10.1 Å². The maximum Gasteiger partial charge on any atom is 0.0750 e. The lowest BCUT2D eigenvalue weighted by Crippen LogP contribution is -2.32. The number of alkyl halides is 1. The molecule has 0 aliphatic carbocycles. The summed E-state index contributed by atoms with van der Waals surface area (Å²) < 4.78 is 6.89. The van der Waals surface area contributed by atoms with E-state index in [1.165, 1.54) is 28.6 Å². The highest BCUT2D eigenvalue weighted by molar-refractivity contribution is 9.10. The number of benzene rings is 1. The minimum Gasteiger partial charge on any atom is -0.376 e. The van der Waals surface area contributed by atoms with E-state index in [9.17, 15) is 0 Å². The van der Waals surface area contributed by atoms with Gasteiger partial charge in [0.05, 0.1) is 11.8 Å². The van der Waals surface area contributed by atoms with E-state index >= 15 is 0 Å². The number of ether oxygens (including phenoxy) is 1. The number of hydrogen-bond acceptors (Lipinski definition) is 2. The number of likely N-dealkylation sites (N-methyl/N-ethyl adjacent to an activating group) is 1. The van der Waals surface area contributed by atoms with Crippen LogP contribution in [-0.4, -0.2) is 25.8 Å². The molecule has 1 saturated heterocycles. The van der Waals surface area contributed by atoms with Crippen LogP contribution >= 0.6 is 31.9 Å². The predicted octanol–water partition coefficient (Wildman–Crippen LogP) is 4.35. The van der Waals surface area contributed by atoms with Crippen molar-refractivity contribution in [1.29, 1.82) is 0 Å². The molecule has 0 N–H and O–H groups in total. The highest BCUT2D eigenvalue weighted by Gasteiger charge is 2.19. The van der Waals surface area contributed by atoms with Crippen LogP contribution in [0.1, 0.15) is 25.3 Å². The molecular weight excluding hydrogens is 358 g/mol. The zero-order chi connectivity index (χ0) is 13.0. The van der Waals surface area contributed by atoms with E-state index < -0.39 is 0 Å². The third-order valence-electron chi connectivity index (χ3n) is 3.34. The highest BCUT2D eigenvalue weighted by Crippen LogP contribution is 2.29. The molecule has 2 nitrogen and oxygen atoms in total. The third kappa shape index (κ3) is 3.49. The van der Waals surface area contributed by atoms with Gasteiger partial charge in [-0.2, -0.15) is 0 Å². The number of hydrogen-bond donors (Lipinski definition) is 0. The van der Waals surface area contributed by atoms with Gasteiger partial charge in [0.2, 0.25) is 0 Å². The fraction of sp³-hybridized carbons (Fsp3) is 0.571. The van der Waals surface area contributed by atoms with Gasteiger partial charge in [-0.15, -0.1) is 0 Å². The van der Waals surface area contributed by atoms with E-state index in [0.717, 1.165) is 25.0 Å². The first-order chi connectivity index (χ1) is 8.74. The average Bonchev–Trinajstić information content (AvgIpc) is 2.89. The van der Waals surface area contributed by atoms with E-state index in [0.29, 0.717) is 6.10 Å². The Labute approximate surface area is 126 Å². The quantitative estimate of drug-likeness (QED) is 0.708. The van der Waals surface area contributed by atoms with Crippen molar-refractivity contribution in [2.75, 3.05) is 24.6 Å². The molecule has 0 radical (unpaired) electrons. The lowest BCUT2D eigenvalue weighted by Gasteiger charge is -2.27. The smallest absolute Gasteiger partial charge is 0.0750 e. The van der Waals surface area contributed by atoms with Crippen LogP contribution < -0.4 is 4.90 Å². The monoisotopic (exact) mass is 375 g/mol. The zero-order valence-electron chi connectivity index (χ0n) is 10.7. The second-order valence-electron chi connectivity index (χ2n) is 4.59. The number of anilines is 1. The Bertz CT molecular complexity index is 391. The Morgan fingerprint density at radius 2 is 2.28 bits per heavy atom. The van der Waals surface area contributed by atoms with Gasteiger partial charge < -0.3 is 9.64 Å². The molecule has 4 heteroatoms. The lowest BCUT2D eigenvalue weighted by molar-refractivity contribution is 0.115. The molecule has 0 spiro atoms. The van der Waals surface area contributed by atoms with E-state index in [1.54, 1.807) is 0 Å². The summed E-state index contributed by atoms with van der Waals surface area (Å²) in [6, 6.07) is 6.55. The third-order valence-corrected chi connectivity index (χ3v) is 4.62. The normalized spacial score (nSPS) is 19.2. The standard InChI is InChI=1S/C14H19Br2NO/c1-2-17(10-12-4-3-7-18-12)14-6-5-11(9-15)8-13(14)16/h5-6,8,12H,2-4,7,9-10H2,1H3. The van der Waals surface area contributed by atoms with Crippen molar-refractivity contribution in [3.05, 3.63) is 28.2 Å². The van der Waals surface area contributed by atoms with Crippen molar-refractivity contribution in [3.8, 4) is 0 Å². The first-order valence-electron chi connectivity index (χ1n) is 6.45. The molecule has 1 atom stereocenters. The average molecular weight is 377 g/mol. The molecule has 1 fully saturated rings. The summed E-state index contributed by atoms with van der Waals surface area (Å²) in [5.74, 6) is 0. The first kappa shape index (κ1) is 14.4. The maximum atomic E-state index is 5.73. The van der Waals surface area contributed by atoms with Gasteiger partial charge in [-0.25, -0.2) is 0 Å². The molecular formula is C14H19Br2NO. The van der Waals surface area contributed by atoms with Gasteiger partial charge in [0.15, 0.2) is 0 Å². The molecule has 0 aromatic heterocycles.